The maximum atomic E-state index is 12.8. The summed E-state index contributed by atoms with van der Waals surface area (Å²) in [5, 5.41) is 9.94. The van der Waals surface area contributed by atoms with E-state index in [1.54, 1.807) is 17.0 Å². The second-order valence-electron chi connectivity index (χ2n) is 8.35. The first kappa shape index (κ1) is 20.9. The molecule has 5 rings (SSSR count). The molecule has 1 fully saturated rings. The standard InChI is InChI=1S/C26H25ClN2O3/c27-24-15-18(9-10-25(24)30)16-28-11-13-29(14-12-28)26(31)32-17-23-21-7-3-1-5-19(21)20-6-2-4-8-22(20)23/h1-10,15,23,30H,11-14,16-17H2. The molecule has 1 aliphatic heterocycles. The largest absolute Gasteiger partial charge is 0.506 e. The lowest BCUT2D eigenvalue weighted by molar-refractivity contribution is 0.0728. The number of halogens is 1. The molecule has 0 saturated carbocycles. The van der Waals surface area contributed by atoms with Gasteiger partial charge in [-0.1, -0.05) is 66.2 Å². The Hall–Kier alpha value is -3.02. The number of amides is 1. The Kier molecular flexibility index (Phi) is 5.77. The summed E-state index contributed by atoms with van der Waals surface area (Å²) in [5.41, 5.74) is 5.94. The lowest BCUT2D eigenvalue weighted by atomic mass is 9.98. The normalized spacial score (nSPS) is 16.0. The van der Waals surface area contributed by atoms with Gasteiger partial charge in [0.05, 0.1) is 5.02 Å². The number of aromatic hydroxyl groups is 1. The molecule has 2 aliphatic rings. The van der Waals surface area contributed by atoms with Crippen molar-refractivity contribution in [2.24, 2.45) is 0 Å². The minimum absolute atomic E-state index is 0.0758. The number of fused-ring (bicyclic) bond motifs is 3. The molecule has 0 bridgehead atoms. The molecule has 0 radical (unpaired) electrons. The fourth-order valence-corrected chi connectivity index (χ4v) is 4.88. The molecular weight excluding hydrogens is 424 g/mol. The van der Waals surface area contributed by atoms with Gasteiger partial charge in [0.15, 0.2) is 0 Å². The highest BCUT2D eigenvalue weighted by molar-refractivity contribution is 6.32. The lowest BCUT2D eigenvalue weighted by Crippen LogP contribution is -2.48. The van der Waals surface area contributed by atoms with Crippen LogP contribution in [0.25, 0.3) is 11.1 Å². The van der Waals surface area contributed by atoms with E-state index < -0.39 is 0 Å². The summed E-state index contributed by atoms with van der Waals surface area (Å²) >= 11 is 6.01. The monoisotopic (exact) mass is 448 g/mol. The Balaban J connectivity index is 1.17. The summed E-state index contributed by atoms with van der Waals surface area (Å²) < 4.78 is 5.78. The first-order valence-corrected chi connectivity index (χ1v) is 11.3. The van der Waals surface area contributed by atoms with Crippen molar-refractivity contribution >= 4 is 17.7 Å². The van der Waals surface area contributed by atoms with Gasteiger partial charge in [-0.3, -0.25) is 4.90 Å². The summed E-state index contributed by atoms with van der Waals surface area (Å²) in [6.07, 6.45) is -0.251. The van der Waals surface area contributed by atoms with Crippen LogP contribution in [0.4, 0.5) is 4.79 Å². The van der Waals surface area contributed by atoms with Crippen LogP contribution < -0.4 is 0 Å². The summed E-state index contributed by atoms with van der Waals surface area (Å²) in [7, 11) is 0. The number of carbonyl (C=O) groups is 1. The number of nitrogens with zero attached hydrogens (tertiary/aromatic N) is 2. The average molecular weight is 449 g/mol. The van der Waals surface area contributed by atoms with Gasteiger partial charge < -0.3 is 14.7 Å². The minimum atomic E-state index is -0.251. The Bertz CT molecular complexity index is 1100. The van der Waals surface area contributed by atoms with E-state index in [-0.39, 0.29) is 17.8 Å². The van der Waals surface area contributed by atoms with Crippen LogP contribution in [0.2, 0.25) is 5.02 Å². The predicted octanol–water partition coefficient (Wildman–Crippen LogP) is 5.11. The fraction of sp³-hybridized carbons (Fsp3) is 0.269. The van der Waals surface area contributed by atoms with Crippen LogP contribution in [0, 0.1) is 0 Å². The van der Waals surface area contributed by atoms with Gasteiger partial charge in [0.1, 0.15) is 12.4 Å². The first-order chi connectivity index (χ1) is 15.6. The summed E-state index contributed by atoms with van der Waals surface area (Å²) in [4.78, 5) is 16.8. The molecule has 3 aromatic carbocycles. The van der Waals surface area contributed by atoms with Crippen LogP contribution in [-0.4, -0.2) is 53.8 Å². The highest BCUT2D eigenvalue weighted by Gasteiger charge is 2.30. The zero-order valence-electron chi connectivity index (χ0n) is 17.7. The van der Waals surface area contributed by atoms with Crippen LogP contribution in [0.1, 0.15) is 22.6 Å². The second kappa shape index (κ2) is 8.85. The molecule has 0 spiro atoms. The number of benzene rings is 3. The van der Waals surface area contributed by atoms with Crippen molar-refractivity contribution in [2.45, 2.75) is 12.5 Å². The van der Waals surface area contributed by atoms with Crippen LogP contribution in [0.3, 0.4) is 0 Å². The molecule has 6 heteroatoms. The average Bonchev–Trinajstić information content (AvgIpc) is 3.14. The molecule has 0 aromatic heterocycles. The SMILES string of the molecule is O=C(OCC1c2ccccc2-c2ccccc21)N1CCN(Cc2ccc(O)c(Cl)c2)CC1. The minimum Gasteiger partial charge on any atom is -0.506 e. The Morgan fingerprint density at radius 2 is 1.56 bits per heavy atom. The Labute approximate surface area is 192 Å². The number of hydrogen-bond donors (Lipinski definition) is 1. The van der Waals surface area contributed by atoms with Crippen molar-refractivity contribution in [3.05, 3.63) is 88.4 Å². The van der Waals surface area contributed by atoms with Crippen LogP contribution in [-0.2, 0) is 11.3 Å². The summed E-state index contributed by atoms with van der Waals surface area (Å²) in [5.74, 6) is 0.169. The third-order valence-electron chi connectivity index (χ3n) is 6.38. The molecule has 5 nitrogen and oxygen atoms in total. The van der Waals surface area contributed by atoms with Crippen LogP contribution >= 0.6 is 11.6 Å². The van der Waals surface area contributed by atoms with Gasteiger partial charge in [-0.25, -0.2) is 4.79 Å². The molecule has 1 N–H and O–H groups in total. The van der Waals surface area contributed by atoms with E-state index in [4.69, 9.17) is 16.3 Å². The van der Waals surface area contributed by atoms with E-state index in [0.717, 1.165) is 25.2 Å². The summed E-state index contributed by atoms with van der Waals surface area (Å²) in [6, 6.07) is 22.0. The zero-order chi connectivity index (χ0) is 22.1. The topological polar surface area (TPSA) is 53.0 Å². The number of hydrogen-bond acceptors (Lipinski definition) is 4. The number of ether oxygens (including phenoxy) is 1. The Morgan fingerprint density at radius 3 is 2.19 bits per heavy atom. The van der Waals surface area contributed by atoms with Crippen molar-refractivity contribution in [3.63, 3.8) is 0 Å². The van der Waals surface area contributed by atoms with E-state index in [0.29, 0.717) is 24.7 Å². The van der Waals surface area contributed by atoms with Crippen LogP contribution in [0.15, 0.2) is 66.7 Å². The molecule has 32 heavy (non-hydrogen) atoms. The van der Waals surface area contributed by atoms with Gasteiger partial charge in [-0.05, 0) is 39.9 Å². The van der Waals surface area contributed by atoms with E-state index in [2.05, 4.69) is 41.3 Å². The van der Waals surface area contributed by atoms with E-state index in [9.17, 15) is 9.90 Å². The molecule has 0 atom stereocenters. The molecule has 1 aliphatic carbocycles. The van der Waals surface area contributed by atoms with Crippen molar-refractivity contribution in [1.29, 1.82) is 0 Å². The maximum absolute atomic E-state index is 12.8. The quantitative estimate of drug-likeness (QED) is 0.602. The highest BCUT2D eigenvalue weighted by atomic mass is 35.5. The van der Waals surface area contributed by atoms with Crippen molar-refractivity contribution < 1.29 is 14.6 Å². The number of piperazine rings is 1. The maximum Gasteiger partial charge on any atom is 0.409 e. The van der Waals surface area contributed by atoms with Gasteiger partial charge in [-0.2, -0.15) is 0 Å². The highest BCUT2D eigenvalue weighted by Crippen LogP contribution is 2.44. The van der Waals surface area contributed by atoms with Crippen molar-refractivity contribution in [2.75, 3.05) is 32.8 Å². The Morgan fingerprint density at radius 1 is 0.938 bits per heavy atom. The molecular formula is C26H25ClN2O3. The van der Waals surface area contributed by atoms with Gasteiger partial charge >= 0.3 is 6.09 Å². The molecule has 164 valence electrons. The third kappa shape index (κ3) is 4.06. The second-order valence-corrected chi connectivity index (χ2v) is 8.76. The van der Waals surface area contributed by atoms with Gasteiger partial charge in [0.25, 0.3) is 0 Å². The molecule has 0 unspecified atom stereocenters. The molecule has 1 saturated heterocycles. The van der Waals surface area contributed by atoms with Crippen LogP contribution in [0.5, 0.6) is 5.75 Å². The lowest BCUT2D eigenvalue weighted by Gasteiger charge is -2.34. The smallest absolute Gasteiger partial charge is 0.409 e. The number of phenolic OH excluding ortho intramolecular Hbond substituents is 1. The predicted molar refractivity (Wildman–Crippen MR) is 125 cm³/mol. The molecule has 1 amide bonds. The first-order valence-electron chi connectivity index (χ1n) is 10.9. The third-order valence-corrected chi connectivity index (χ3v) is 6.69. The van der Waals surface area contributed by atoms with E-state index in [1.807, 2.05) is 18.2 Å². The zero-order valence-corrected chi connectivity index (χ0v) is 18.5. The number of phenols is 1. The van der Waals surface area contributed by atoms with E-state index in [1.165, 1.54) is 22.3 Å². The number of carbonyl (C=O) groups excluding carboxylic acids is 1. The number of rotatable bonds is 4. The van der Waals surface area contributed by atoms with Gasteiger partial charge in [0, 0.05) is 38.6 Å². The van der Waals surface area contributed by atoms with Gasteiger partial charge in [0.2, 0.25) is 0 Å². The van der Waals surface area contributed by atoms with Gasteiger partial charge in [-0.15, -0.1) is 0 Å². The fourth-order valence-electron chi connectivity index (χ4n) is 4.68. The van der Waals surface area contributed by atoms with Crippen molar-refractivity contribution in [3.8, 4) is 16.9 Å². The van der Waals surface area contributed by atoms with E-state index >= 15 is 0 Å². The summed E-state index contributed by atoms with van der Waals surface area (Å²) in [6.45, 7) is 3.87. The molecule has 3 aromatic rings. The molecule has 1 heterocycles. The van der Waals surface area contributed by atoms with Crippen molar-refractivity contribution in [1.82, 2.24) is 9.80 Å².